The van der Waals surface area contributed by atoms with Crippen molar-refractivity contribution in [2.45, 2.75) is 12.3 Å². The molecule has 1 aliphatic heterocycles. The maximum absolute atomic E-state index is 3.35. The molecule has 1 heterocycles. The van der Waals surface area contributed by atoms with Crippen molar-refractivity contribution in [3.05, 3.63) is 35.9 Å². The Balaban J connectivity index is 2.16. The summed E-state index contributed by atoms with van der Waals surface area (Å²) in [5.74, 6) is 0.705. The molecule has 11 heavy (non-hydrogen) atoms. The Kier molecular flexibility index (Phi) is 1.91. The van der Waals surface area contributed by atoms with Crippen molar-refractivity contribution in [1.29, 1.82) is 0 Å². The highest BCUT2D eigenvalue weighted by atomic mass is 14.9. The summed E-state index contributed by atoms with van der Waals surface area (Å²) in [5.41, 5.74) is 1.36. The van der Waals surface area contributed by atoms with Gasteiger partial charge in [0.05, 0.1) is 0 Å². The molecule has 0 amide bonds. The minimum Gasteiger partial charge on any atom is -0.316 e. The lowest BCUT2D eigenvalue weighted by Gasteiger charge is -2.06. The van der Waals surface area contributed by atoms with Crippen LogP contribution in [0, 0.1) is 6.07 Å². The van der Waals surface area contributed by atoms with Gasteiger partial charge in [-0.25, -0.2) is 0 Å². The van der Waals surface area contributed by atoms with Crippen molar-refractivity contribution in [3.8, 4) is 0 Å². The highest BCUT2D eigenvalue weighted by Crippen LogP contribution is 2.20. The summed E-state index contributed by atoms with van der Waals surface area (Å²) in [6.07, 6.45) is 1.26. The second-order valence-corrected chi connectivity index (χ2v) is 3.01. The third-order valence-corrected chi connectivity index (χ3v) is 2.23. The van der Waals surface area contributed by atoms with Gasteiger partial charge in [0, 0.05) is 6.54 Å². The van der Waals surface area contributed by atoms with Gasteiger partial charge in [-0.05, 0) is 30.5 Å². The third-order valence-electron chi connectivity index (χ3n) is 2.23. The zero-order chi connectivity index (χ0) is 7.52. The van der Waals surface area contributed by atoms with E-state index in [-0.39, 0.29) is 0 Å². The topological polar surface area (TPSA) is 12.0 Å². The molecule has 1 saturated heterocycles. The summed E-state index contributed by atoms with van der Waals surface area (Å²) in [6.45, 7) is 2.29. The van der Waals surface area contributed by atoms with Crippen LogP contribution < -0.4 is 5.32 Å². The molecule has 1 fully saturated rings. The molecular formula is C10H12N. The molecule has 1 aliphatic rings. The van der Waals surface area contributed by atoms with E-state index in [2.05, 4.69) is 23.5 Å². The lowest BCUT2D eigenvalue weighted by Crippen LogP contribution is -2.07. The van der Waals surface area contributed by atoms with E-state index in [0.29, 0.717) is 5.92 Å². The first-order valence-corrected chi connectivity index (χ1v) is 4.14. The van der Waals surface area contributed by atoms with E-state index in [1.54, 1.807) is 0 Å². The summed E-state index contributed by atoms with van der Waals surface area (Å²) in [4.78, 5) is 0. The molecule has 1 N–H and O–H groups in total. The van der Waals surface area contributed by atoms with Crippen LogP contribution >= 0.6 is 0 Å². The van der Waals surface area contributed by atoms with Crippen molar-refractivity contribution in [1.82, 2.24) is 5.32 Å². The largest absolute Gasteiger partial charge is 0.316 e. The van der Waals surface area contributed by atoms with Gasteiger partial charge in [-0.15, -0.1) is 0 Å². The second kappa shape index (κ2) is 3.05. The number of benzene rings is 1. The van der Waals surface area contributed by atoms with Gasteiger partial charge in [-0.3, -0.25) is 0 Å². The van der Waals surface area contributed by atoms with Gasteiger partial charge in [0.2, 0.25) is 0 Å². The van der Waals surface area contributed by atoms with Crippen molar-refractivity contribution in [3.63, 3.8) is 0 Å². The van der Waals surface area contributed by atoms with Crippen LogP contribution in [0.2, 0.25) is 0 Å². The lowest BCUT2D eigenvalue weighted by atomic mass is 9.99. The zero-order valence-electron chi connectivity index (χ0n) is 6.51. The van der Waals surface area contributed by atoms with Crippen LogP contribution in [0.5, 0.6) is 0 Å². The molecule has 1 aromatic carbocycles. The summed E-state index contributed by atoms with van der Waals surface area (Å²) in [7, 11) is 0. The third kappa shape index (κ3) is 1.43. The number of rotatable bonds is 1. The first kappa shape index (κ1) is 6.86. The summed E-state index contributed by atoms with van der Waals surface area (Å²) >= 11 is 0. The Morgan fingerprint density at radius 3 is 3.09 bits per heavy atom. The SMILES string of the molecule is [c]1ccccc1C1CCNC1. The molecule has 1 nitrogen and oxygen atoms in total. The maximum Gasteiger partial charge on any atom is 0.00208 e. The van der Waals surface area contributed by atoms with Gasteiger partial charge in [0.1, 0.15) is 0 Å². The zero-order valence-corrected chi connectivity index (χ0v) is 6.51. The molecule has 1 atom stereocenters. The van der Waals surface area contributed by atoms with Crippen LogP contribution in [0.15, 0.2) is 24.3 Å². The molecule has 1 unspecified atom stereocenters. The standard InChI is InChI=1S/C10H12N/c1-2-4-9(5-3-1)10-6-7-11-8-10/h1-4,10-11H,6-8H2. The fourth-order valence-electron chi connectivity index (χ4n) is 1.58. The van der Waals surface area contributed by atoms with Crippen LogP contribution in [0.4, 0.5) is 0 Å². The molecule has 1 aromatic rings. The number of hydrogen-bond donors (Lipinski definition) is 1. The van der Waals surface area contributed by atoms with E-state index in [0.717, 1.165) is 13.1 Å². The van der Waals surface area contributed by atoms with E-state index < -0.39 is 0 Å². The van der Waals surface area contributed by atoms with Gasteiger partial charge in [0.25, 0.3) is 0 Å². The van der Waals surface area contributed by atoms with Gasteiger partial charge in [-0.1, -0.05) is 24.3 Å². The average molecular weight is 146 g/mol. The molecule has 0 spiro atoms. The maximum atomic E-state index is 3.35. The minimum absolute atomic E-state index is 0.705. The highest BCUT2D eigenvalue weighted by molar-refractivity contribution is 5.19. The predicted octanol–water partition coefficient (Wildman–Crippen LogP) is 1.56. The molecular weight excluding hydrogens is 134 g/mol. The second-order valence-electron chi connectivity index (χ2n) is 3.01. The van der Waals surface area contributed by atoms with Crippen LogP contribution in [-0.2, 0) is 0 Å². The summed E-state index contributed by atoms with van der Waals surface area (Å²) in [5, 5.41) is 3.35. The summed E-state index contributed by atoms with van der Waals surface area (Å²) < 4.78 is 0. The molecule has 1 heteroatoms. The Morgan fingerprint density at radius 2 is 2.45 bits per heavy atom. The van der Waals surface area contributed by atoms with Crippen molar-refractivity contribution >= 4 is 0 Å². The average Bonchev–Trinajstić information content (AvgIpc) is 2.58. The van der Waals surface area contributed by atoms with Crippen LogP contribution in [0.25, 0.3) is 0 Å². The fourth-order valence-corrected chi connectivity index (χ4v) is 1.58. The van der Waals surface area contributed by atoms with Crippen LogP contribution in [-0.4, -0.2) is 13.1 Å². The molecule has 0 bridgehead atoms. The molecule has 0 aromatic heterocycles. The number of nitrogens with one attached hydrogen (secondary N) is 1. The first-order valence-electron chi connectivity index (χ1n) is 4.14. The fraction of sp³-hybridized carbons (Fsp3) is 0.400. The van der Waals surface area contributed by atoms with Gasteiger partial charge in [0.15, 0.2) is 0 Å². The van der Waals surface area contributed by atoms with E-state index in [1.807, 2.05) is 12.1 Å². The highest BCUT2D eigenvalue weighted by Gasteiger charge is 2.15. The van der Waals surface area contributed by atoms with Gasteiger partial charge in [-0.2, -0.15) is 0 Å². The van der Waals surface area contributed by atoms with Gasteiger partial charge < -0.3 is 5.32 Å². The Hall–Kier alpha value is -0.820. The predicted molar refractivity (Wildman–Crippen MR) is 45.5 cm³/mol. The van der Waals surface area contributed by atoms with Crippen molar-refractivity contribution in [2.75, 3.05) is 13.1 Å². The molecule has 0 saturated carbocycles. The Labute approximate surface area is 67.4 Å². The van der Waals surface area contributed by atoms with Gasteiger partial charge >= 0.3 is 0 Å². The van der Waals surface area contributed by atoms with E-state index in [4.69, 9.17) is 0 Å². The summed E-state index contributed by atoms with van der Waals surface area (Å²) in [6, 6.07) is 11.5. The lowest BCUT2D eigenvalue weighted by molar-refractivity contribution is 0.762. The van der Waals surface area contributed by atoms with Crippen LogP contribution in [0.1, 0.15) is 17.9 Å². The van der Waals surface area contributed by atoms with Crippen molar-refractivity contribution in [2.24, 2.45) is 0 Å². The Bertz CT molecular complexity index is 212. The minimum atomic E-state index is 0.705. The van der Waals surface area contributed by atoms with Crippen LogP contribution in [0.3, 0.4) is 0 Å². The molecule has 1 radical (unpaired) electrons. The molecule has 57 valence electrons. The van der Waals surface area contributed by atoms with E-state index in [1.165, 1.54) is 12.0 Å². The first-order chi connectivity index (χ1) is 5.47. The van der Waals surface area contributed by atoms with E-state index in [9.17, 15) is 0 Å². The normalized spacial score (nSPS) is 23.8. The number of hydrogen-bond acceptors (Lipinski definition) is 1. The molecule has 2 rings (SSSR count). The van der Waals surface area contributed by atoms with Crippen molar-refractivity contribution < 1.29 is 0 Å². The smallest absolute Gasteiger partial charge is 0.00208 e. The molecule has 0 aliphatic carbocycles. The monoisotopic (exact) mass is 146 g/mol. The quantitative estimate of drug-likeness (QED) is 0.634. The van der Waals surface area contributed by atoms with E-state index >= 15 is 0 Å². The Morgan fingerprint density at radius 1 is 1.45 bits per heavy atom.